The smallest absolute Gasteiger partial charge is 0.338 e. The van der Waals surface area contributed by atoms with Crippen LogP contribution in [0.1, 0.15) is 27.1 Å². The first-order valence-electron chi connectivity index (χ1n) is 8.46. The summed E-state index contributed by atoms with van der Waals surface area (Å²) >= 11 is 0. The summed E-state index contributed by atoms with van der Waals surface area (Å²) in [5.41, 5.74) is 5.52. The maximum atomic E-state index is 12.6. The van der Waals surface area contributed by atoms with Gasteiger partial charge in [-0.3, -0.25) is 14.4 Å². The first-order chi connectivity index (χ1) is 12.9. The molecule has 1 aromatic carbocycles. The van der Waals surface area contributed by atoms with Crippen LogP contribution in [0.15, 0.2) is 53.5 Å². The summed E-state index contributed by atoms with van der Waals surface area (Å²) in [7, 11) is 0. The zero-order chi connectivity index (χ0) is 19.4. The fraction of sp³-hybridized carbons (Fsp3) is 0.263. The third kappa shape index (κ3) is 4.41. The number of aromatic nitrogens is 1. The third-order valence-electron chi connectivity index (χ3n) is 4.42. The van der Waals surface area contributed by atoms with Crippen LogP contribution >= 0.6 is 0 Å². The van der Waals surface area contributed by atoms with Gasteiger partial charge in [0.1, 0.15) is 6.10 Å². The van der Waals surface area contributed by atoms with E-state index >= 15 is 0 Å². The van der Waals surface area contributed by atoms with Gasteiger partial charge in [-0.15, -0.1) is 0 Å². The van der Waals surface area contributed by atoms with Crippen molar-refractivity contribution in [1.82, 2.24) is 9.88 Å². The van der Waals surface area contributed by atoms with Gasteiger partial charge in [-0.1, -0.05) is 18.2 Å². The number of rotatable bonds is 5. The Labute approximate surface area is 154 Å². The summed E-state index contributed by atoms with van der Waals surface area (Å²) in [5, 5.41) is 0. The number of H-pyrrole nitrogens is 1. The number of amides is 2. The van der Waals surface area contributed by atoms with Gasteiger partial charge in [0.05, 0.1) is 12.1 Å². The number of carbonyl (C=O) groups excluding carboxylic acids is 3. The minimum absolute atomic E-state index is 0.00805. The van der Waals surface area contributed by atoms with Crippen molar-refractivity contribution in [1.29, 1.82) is 0 Å². The lowest BCUT2D eigenvalue weighted by Gasteiger charge is -2.17. The summed E-state index contributed by atoms with van der Waals surface area (Å²) in [6, 6.07) is 11.2. The Kier molecular flexibility index (Phi) is 5.35. The van der Waals surface area contributed by atoms with Crippen molar-refractivity contribution in [2.24, 2.45) is 11.7 Å². The summed E-state index contributed by atoms with van der Waals surface area (Å²) in [4.78, 5) is 51.7. The quantitative estimate of drug-likeness (QED) is 0.745. The highest BCUT2D eigenvalue weighted by molar-refractivity contribution is 5.94. The van der Waals surface area contributed by atoms with Crippen LogP contribution < -0.4 is 11.3 Å². The number of nitrogens with one attached hydrogen (secondary N) is 1. The Morgan fingerprint density at radius 2 is 1.85 bits per heavy atom. The molecule has 0 spiro atoms. The fourth-order valence-electron chi connectivity index (χ4n) is 3.14. The lowest BCUT2D eigenvalue weighted by Crippen LogP contribution is -2.31. The average molecular weight is 369 g/mol. The predicted molar refractivity (Wildman–Crippen MR) is 95.9 cm³/mol. The number of esters is 1. The van der Waals surface area contributed by atoms with Crippen LogP contribution in [0.2, 0.25) is 0 Å². The van der Waals surface area contributed by atoms with Gasteiger partial charge in [-0.25, -0.2) is 4.79 Å². The molecule has 0 radical (unpaired) electrons. The number of pyridine rings is 1. The van der Waals surface area contributed by atoms with Gasteiger partial charge >= 0.3 is 5.97 Å². The molecule has 0 unspecified atom stereocenters. The summed E-state index contributed by atoms with van der Waals surface area (Å²) < 4.78 is 5.54. The van der Waals surface area contributed by atoms with Crippen LogP contribution in [0.3, 0.4) is 0 Å². The van der Waals surface area contributed by atoms with Crippen LogP contribution in [-0.4, -0.2) is 46.9 Å². The van der Waals surface area contributed by atoms with Gasteiger partial charge < -0.3 is 20.4 Å². The molecule has 2 heterocycles. The zero-order valence-corrected chi connectivity index (χ0v) is 14.5. The highest BCUT2D eigenvalue weighted by atomic mass is 16.5. The van der Waals surface area contributed by atoms with Gasteiger partial charge in [0.15, 0.2) is 0 Å². The van der Waals surface area contributed by atoms with E-state index in [4.69, 9.17) is 10.5 Å². The number of primary amides is 1. The molecular weight excluding hydrogens is 350 g/mol. The molecule has 1 saturated heterocycles. The van der Waals surface area contributed by atoms with Crippen molar-refractivity contribution in [3.8, 4) is 0 Å². The molecule has 0 saturated carbocycles. The average Bonchev–Trinajstić information content (AvgIpc) is 3.03. The standard InChI is InChI=1S/C19H19N3O5/c20-16(23)8-14-10-22(18(25)13-6-7-21-17(24)9-13)11-15(14)27-19(26)12-4-2-1-3-5-12/h1-7,9,14-15H,8,10-11H2,(H2,20,23)(H,21,24)/t14-,15+/m0/s1. The molecule has 8 heteroatoms. The molecule has 1 aromatic heterocycles. The first-order valence-corrected chi connectivity index (χ1v) is 8.46. The second kappa shape index (κ2) is 7.86. The van der Waals surface area contributed by atoms with Crippen molar-refractivity contribution in [2.75, 3.05) is 13.1 Å². The number of ether oxygens (including phenoxy) is 1. The van der Waals surface area contributed by atoms with Crippen LogP contribution in [0.25, 0.3) is 0 Å². The maximum Gasteiger partial charge on any atom is 0.338 e. The third-order valence-corrected chi connectivity index (χ3v) is 4.42. The molecule has 3 N–H and O–H groups in total. The molecule has 0 bridgehead atoms. The Balaban J connectivity index is 1.76. The number of hydrogen-bond acceptors (Lipinski definition) is 5. The monoisotopic (exact) mass is 369 g/mol. The van der Waals surface area contributed by atoms with Gasteiger partial charge in [0.2, 0.25) is 11.5 Å². The maximum absolute atomic E-state index is 12.6. The molecule has 3 rings (SSSR count). The molecular formula is C19H19N3O5. The lowest BCUT2D eigenvalue weighted by molar-refractivity contribution is -0.119. The fourth-order valence-corrected chi connectivity index (χ4v) is 3.14. The number of carbonyl (C=O) groups is 3. The molecule has 140 valence electrons. The summed E-state index contributed by atoms with van der Waals surface area (Å²) in [5.74, 6) is -1.83. The van der Waals surface area contributed by atoms with Crippen molar-refractivity contribution in [2.45, 2.75) is 12.5 Å². The van der Waals surface area contributed by atoms with Crippen LogP contribution in [0.4, 0.5) is 0 Å². The van der Waals surface area contributed by atoms with E-state index in [1.54, 1.807) is 30.3 Å². The zero-order valence-electron chi connectivity index (χ0n) is 14.5. The highest BCUT2D eigenvalue weighted by Gasteiger charge is 2.39. The minimum Gasteiger partial charge on any atom is -0.457 e. The van der Waals surface area contributed by atoms with E-state index in [1.807, 2.05) is 0 Å². The second-order valence-electron chi connectivity index (χ2n) is 6.39. The summed E-state index contributed by atoms with van der Waals surface area (Å²) in [6.07, 6.45) is 0.724. The Morgan fingerprint density at radius 1 is 1.11 bits per heavy atom. The Morgan fingerprint density at radius 3 is 2.52 bits per heavy atom. The molecule has 8 nitrogen and oxygen atoms in total. The van der Waals surface area contributed by atoms with E-state index in [0.29, 0.717) is 5.56 Å². The van der Waals surface area contributed by atoms with E-state index in [9.17, 15) is 19.2 Å². The van der Waals surface area contributed by atoms with Crippen molar-refractivity contribution in [3.05, 3.63) is 70.1 Å². The van der Waals surface area contributed by atoms with Crippen LogP contribution in [0.5, 0.6) is 0 Å². The van der Waals surface area contributed by atoms with Gasteiger partial charge in [0, 0.05) is 36.7 Å². The predicted octanol–water partition coefficient (Wildman–Crippen LogP) is 0.548. The topological polar surface area (TPSA) is 123 Å². The lowest BCUT2D eigenvalue weighted by atomic mass is 10.0. The summed E-state index contributed by atoms with van der Waals surface area (Å²) in [6.45, 7) is 0.337. The Hall–Kier alpha value is -3.42. The second-order valence-corrected chi connectivity index (χ2v) is 6.39. The molecule has 2 amide bonds. The molecule has 1 aliphatic heterocycles. The number of aromatic amines is 1. The number of nitrogens with zero attached hydrogens (tertiary/aromatic N) is 1. The largest absolute Gasteiger partial charge is 0.457 e. The number of likely N-dealkylation sites (tertiary alicyclic amines) is 1. The molecule has 27 heavy (non-hydrogen) atoms. The molecule has 2 atom stereocenters. The van der Waals surface area contributed by atoms with Crippen molar-refractivity contribution in [3.63, 3.8) is 0 Å². The minimum atomic E-state index is -0.656. The van der Waals surface area contributed by atoms with E-state index in [1.165, 1.54) is 23.2 Å². The van der Waals surface area contributed by atoms with Crippen molar-refractivity contribution < 1.29 is 19.1 Å². The number of hydrogen-bond donors (Lipinski definition) is 2. The van der Waals surface area contributed by atoms with E-state index in [-0.39, 0.29) is 36.5 Å². The highest BCUT2D eigenvalue weighted by Crippen LogP contribution is 2.25. The molecule has 1 aliphatic rings. The van der Waals surface area contributed by atoms with Crippen LogP contribution in [-0.2, 0) is 9.53 Å². The SMILES string of the molecule is NC(=O)C[C@H]1CN(C(=O)c2cc[nH]c(=O)c2)C[C@H]1OC(=O)c1ccccc1. The number of nitrogens with two attached hydrogens (primary N) is 1. The van der Waals surface area contributed by atoms with Gasteiger partial charge in [-0.05, 0) is 18.2 Å². The van der Waals surface area contributed by atoms with E-state index in [0.717, 1.165) is 0 Å². The van der Waals surface area contributed by atoms with E-state index < -0.39 is 23.9 Å². The molecule has 1 fully saturated rings. The van der Waals surface area contributed by atoms with Crippen LogP contribution in [0, 0.1) is 5.92 Å². The van der Waals surface area contributed by atoms with Gasteiger partial charge in [0.25, 0.3) is 5.91 Å². The Bertz CT molecular complexity index is 909. The van der Waals surface area contributed by atoms with Gasteiger partial charge in [-0.2, -0.15) is 0 Å². The van der Waals surface area contributed by atoms with Crippen molar-refractivity contribution >= 4 is 17.8 Å². The molecule has 0 aliphatic carbocycles. The molecule has 2 aromatic rings. The van der Waals surface area contributed by atoms with E-state index in [2.05, 4.69) is 4.98 Å². The first kappa shape index (κ1) is 18.4. The normalized spacial score (nSPS) is 18.9. The number of benzene rings is 1.